The maximum absolute atomic E-state index is 2.49. The van der Waals surface area contributed by atoms with Crippen molar-refractivity contribution in [1.82, 2.24) is 0 Å². The van der Waals surface area contributed by atoms with Crippen LogP contribution in [0, 0.1) is 0 Å². The summed E-state index contributed by atoms with van der Waals surface area (Å²) in [5.41, 5.74) is 0. The first-order valence-electron chi connectivity index (χ1n) is 5.97. The van der Waals surface area contributed by atoms with Gasteiger partial charge in [-0.1, -0.05) is 0 Å². The Balaban J connectivity index is 2.32. The fourth-order valence-electron chi connectivity index (χ4n) is 2.10. The third-order valence-electron chi connectivity index (χ3n) is 3.12. The van der Waals surface area contributed by atoms with Crippen molar-refractivity contribution in [1.29, 1.82) is 0 Å². The molecular formula is C15H16SSn. The van der Waals surface area contributed by atoms with Gasteiger partial charge in [-0.15, -0.1) is 0 Å². The molecule has 0 nitrogen and oxygen atoms in total. The van der Waals surface area contributed by atoms with Gasteiger partial charge in [0, 0.05) is 0 Å². The quantitative estimate of drug-likeness (QED) is 0.565. The van der Waals surface area contributed by atoms with E-state index in [0.717, 1.165) is 0 Å². The van der Waals surface area contributed by atoms with Crippen LogP contribution < -0.4 is 2.89 Å². The van der Waals surface area contributed by atoms with E-state index in [1.807, 2.05) is 11.3 Å². The molecule has 0 spiro atoms. The van der Waals surface area contributed by atoms with Gasteiger partial charge in [-0.2, -0.15) is 0 Å². The average molecular weight is 347 g/mol. The van der Waals surface area contributed by atoms with Gasteiger partial charge in [-0.3, -0.25) is 0 Å². The molecule has 0 amide bonds. The third kappa shape index (κ3) is 2.11. The molecule has 0 N–H and O–H groups in total. The van der Waals surface area contributed by atoms with Crippen LogP contribution in [0.15, 0.2) is 42.5 Å². The Morgan fingerprint density at radius 3 is 2.12 bits per heavy atom. The molecule has 0 aliphatic rings. The summed E-state index contributed by atoms with van der Waals surface area (Å²) in [5.74, 6) is 0. The molecule has 3 rings (SSSR count). The van der Waals surface area contributed by atoms with E-state index in [9.17, 15) is 0 Å². The van der Waals surface area contributed by atoms with Crippen LogP contribution in [0.2, 0.25) is 14.8 Å². The fraction of sp³-hybridized carbons (Fsp3) is 0.200. The van der Waals surface area contributed by atoms with Crippen molar-refractivity contribution in [3.8, 4) is 0 Å². The first-order valence-corrected chi connectivity index (χ1v) is 16.8. The zero-order valence-corrected chi connectivity index (χ0v) is 14.1. The van der Waals surface area contributed by atoms with Crippen molar-refractivity contribution < 1.29 is 0 Å². The minimum atomic E-state index is -1.90. The summed E-state index contributed by atoms with van der Waals surface area (Å²) in [5, 5.41) is 4.14. The molecule has 86 valence electrons. The summed E-state index contributed by atoms with van der Waals surface area (Å²) in [6.45, 7) is 0. The Kier molecular flexibility index (Phi) is 2.71. The normalized spacial score (nSPS) is 12.4. The van der Waals surface area contributed by atoms with E-state index in [1.54, 1.807) is 2.89 Å². The van der Waals surface area contributed by atoms with Crippen LogP contribution in [0.4, 0.5) is 0 Å². The third-order valence-corrected chi connectivity index (χ3v) is 13.6. The van der Waals surface area contributed by atoms with Gasteiger partial charge in [-0.25, -0.2) is 0 Å². The summed E-state index contributed by atoms with van der Waals surface area (Å²) in [6.07, 6.45) is 0. The second-order valence-electron chi connectivity index (χ2n) is 5.60. The Morgan fingerprint density at radius 2 is 1.47 bits per heavy atom. The molecular weight excluding hydrogens is 331 g/mol. The zero-order valence-electron chi connectivity index (χ0n) is 10.4. The predicted octanol–water partition coefficient (Wildman–Crippen LogP) is 4.60. The van der Waals surface area contributed by atoms with E-state index >= 15 is 0 Å². The summed E-state index contributed by atoms with van der Waals surface area (Å²) in [6, 6.07) is 15.7. The van der Waals surface area contributed by atoms with E-state index in [2.05, 4.69) is 57.3 Å². The zero-order chi connectivity index (χ0) is 12.0. The van der Waals surface area contributed by atoms with Crippen LogP contribution in [0.1, 0.15) is 0 Å². The van der Waals surface area contributed by atoms with Crippen molar-refractivity contribution in [3.63, 3.8) is 0 Å². The Labute approximate surface area is 110 Å². The van der Waals surface area contributed by atoms with E-state index in [-0.39, 0.29) is 0 Å². The van der Waals surface area contributed by atoms with E-state index < -0.39 is 18.4 Å². The minimum absolute atomic E-state index is 1.36. The molecule has 1 heterocycles. The number of hydrogen-bond donors (Lipinski definition) is 0. The molecule has 0 aliphatic heterocycles. The number of rotatable bonds is 1. The van der Waals surface area contributed by atoms with Crippen LogP contribution in [0.5, 0.6) is 0 Å². The first-order chi connectivity index (χ1) is 8.04. The fourth-order valence-corrected chi connectivity index (χ4v) is 8.49. The number of fused-ring (bicyclic) bond motifs is 2. The Bertz CT molecular complexity index is 636. The monoisotopic (exact) mass is 348 g/mol. The second kappa shape index (κ2) is 3.99. The summed E-state index contributed by atoms with van der Waals surface area (Å²) < 4.78 is 3.12. The topological polar surface area (TPSA) is 0 Å². The average Bonchev–Trinajstić information content (AvgIpc) is 2.68. The van der Waals surface area contributed by atoms with E-state index in [4.69, 9.17) is 0 Å². The SMILES string of the molecule is [CH3][Sn]([CH3])([CH3])[c]1cc2cc3ccccc3cc2s1. The molecule has 3 aromatic rings. The van der Waals surface area contributed by atoms with Crippen LogP contribution in [0.3, 0.4) is 0 Å². The van der Waals surface area contributed by atoms with Crippen molar-refractivity contribution in [2.75, 3.05) is 0 Å². The summed E-state index contributed by atoms with van der Waals surface area (Å²) >= 11 is 0.112. The van der Waals surface area contributed by atoms with Crippen molar-refractivity contribution >= 4 is 53.5 Å². The van der Waals surface area contributed by atoms with E-state index in [1.165, 1.54) is 20.9 Å². The first kappa shape index (κ1) is 11.5. The maximum atomic E-state index is 2.49. The van der Waals surface area contributed by atoms with Gasteiger partial charge >= 0.3 is 111 Å². The van der Waals surface area contributed by atoms with Gasteiger partial charge in [0.25, 0.3) is 0 Å². The molecule has 0 bridgehead atoms. The number of benzene rings is 2. The van der Waals surface area contributed by atoms with Gasteiger partial charge < -0.3 is 0 Å². The van der Waals surface area contributed by atoms with Gasteiger partial charge in [0.2, 0.25) is 0 Å². The molecule has 1 aromatic heterocycles. The summed E-state index contributed by atoms with van der Waals surface area (Å²) in [4.78, 5) is 7.46. The molecule has 0 radical (unpaired) electrons. The van der Waals surface area contributed by atoms with Crippen LogP contribution in [-0.4, -0.2) is 18.4 Å². The van der Waals surface area contributed by atoms with Crippen LogP contribution >= 0.6 is 11.3 Å². The van der Waals surface area contributed by atoms with Crippen LogP contribution in [-0.2, 0) is 0 Å². The molecule has 0 saturated carbocycles. The van der Waals surface area contributed by atoms with Gasteiger partial charge in [0.15, 0.2) is 0 Å². The molecule has 2 heteroatoms. The standard InChI is InChI=1S/C12H7S.3CH3.Sn/c1-2-4-10-8-12-11(5-6-13-12)7-9(10)3-1;;;;/h1-5,7-8H;3*1H3;. The Hall–Kier alpha value is -0.541. The second-order valence-corrected chi connectivity index (χ2v) is 22.1. The predicted molar refractivity (Wildman–Crippen MR) is 82.3 cm³/mol. The molecule has 0 unspecified atom stereocenters. The Morgan fingerprint density at radius 1 is 0.824 bits per heavy atom. The molecule has 2 aromatic carbocycles. The van der Waals surface area contributed by atoms with E-state index in [0.29, 0.717) is 0 Å². The van der Waals surface area contributed by atoms with Crippen molar-refractivity contribution in [2.24, 2.45) is 0 Å². The molecule has 17 heavy (non-hydrogen) atoms. The number of hydrogen-bond acceptors (Lipinski definition) is 1. The van der Waals surface area contributed by atoms with Crippen molar-refractivity contribution in [3.05, 3.63) is 42.5 Å². The molecule has 0 saturated heterocycles. The van der Waals surface area contributed by atoms with Gasteiger partial charge in [0.1, 0.15) is 0 Å². The molecule has 0 fully saturated rings. The van der Waals surface area contributed by atoms with Crippen molar-refractivity contribution in [2.45, 2.75) is 14.8 Å². The molecule has 0 aliphatic carbocycles. The molecule has 0 atom stereocenters. The van der Waals surface area contributed by atoms with Gasteiger partial charge in [-0.05, 0) is 0 Å². The van der Waals surface area contributed by atoms with Crippen LogP contribution in [0.25, 0.3) is 20.9 Å². The summed E-state index contributed by atoms with van der Waals surface area (Å²) in [7, 11) is 0. The number of thiophene rings is 1. The van der Waals surface area contributed by atoms with Gasteiger partial charge in [0.05, 0.1) is 0 Å².